The van der Waals surface area contributed by atoms with E-state index in [9.17, 15) is 4.79 Å². The van der Waals surface area contributed by atoms with E-state index in [0.29, 0.717) is 5.56 Å². The fourth-order valence-corrected chi connectivity index (χ4v) is 2.15. The van der Waals surface area contributed by atoms with Gasteiger partial charge in [0.25, 0.3) is 0 Å². The van der Waals surface area contributed by atoms with Gasteiger partial charge in [-0.3, -0.25) is 0 Å². The zero-order chi connectivity index (χ0) is 11.7. The zero-order valence-electron chi connectivity index (χ0n) is 9.40. The van der Waals surface area contributed by atoms with Crippen LogP contribution in [0.15, 0.2) is 42.3 Å². The Morgan fingerprint density at radius 2 is 2.18 bits per heavy atom. The summed E-state index contributed by atoms with van der Waals surface area (Å²) in [5.74, 6) is 0.538. The summed E-state index contributed by atoms with van der Waals surface area (Å²) in [5, 5.41) is 0.913. The predicted octanol–water partition coefficient (Wildman–Crippen LogP) is 3.39. The molecule has 3 rings (SSSR count). The predicted molar refractivity (Wildman–Crippen MR) is 65.6 cm³/mol. The van der Waals surface area contributed by atoms with Crippen LogP contribution in [0.5, 0.6) is 0 Å². The molecule has 0 amide bonds. The van der Waals surface area contributed by atoms with Crippen molar-refractivity contribution in [2.24, 2.45) is 0 Å². The van der Waals surface area contributed by atoms with Crippen LogP contribution in [0.2, 0.25) is 0 Å². The molecule has 0 unspecified atom stereocenters. The SMILES string of the molecule is O=C(OC1=CCCC1)c1c[nH]c2ccccc12. The molecule has 0 aliphatic heterocycles. The van der Waals surface area contributed by atoms with E-state index >= 15 is 0 Å². The molecule has 0 fully saturated rings. The van der Waals surface area contributed by atoms with Gasteiger partial charge >= 0.3 is 5.97 Å². The van der Waals surface area contributed by atoms with Gasteiger partial charge in [0, 0.05) is 23.5 Å². The summed E-state index contributed by atoms with van der Waals surface area (Å²) in [7, 11) is 0. The third kappa shape index (κ3) is 1.84. The highest BCUT2D eigenvalue weighted by atomic mass is 16.5. The molecule has 86 valence electrons. The largest absolute Gasteiger partial charge is 0.428 e. The Labute approximate surface area is 99.1 Å². The Morgan fingerprint density at radius 1 is 1.29 bits per heavy atom. The van der Waals surface area contributed by atoms with Gasteiger partial charge in [-0.2, -0.15) is 0 Å². The van der Waals surface area contributed by atoms with Crippen molar-refractivity contribution >= 4 is 16.9 Å². The molecule has 1 aliphatic rings. The van der Waals surface area contributed by atoms with Gasteiger partial charge in [-0.1, -0.05) is 18.2 Å². The fraction of sp³-hybridized carbons (Fsp3) is 0.214. The standard InChI is InChI=1S/C14H13NO2/c16-14(17-10-5-1-2-6-10)12-9-15-13-8-4-3-7-11(12)13/h3-5,7-9,15H,1-2,6H2. The molecule has 17 heavy (non-hydrogen) atoms. The molecular weight excluding hydrogens is 214 g/mol. The first-order valence-corrected chi connectivity index (χ1v) is 5.82. The third-order valence-corrected chi connectivity index (χ3v) is 3.03. The molecule has 0 spiro atoms. The van der Waals surface area contributed by atoms with Crippen LogP contribution in [0.4, 0.5) is 0 Å². The second-order valence-electron chi connectivity index (χ2n) is 4.20. The lowest BCUT2D eigenvalue weighted by atomic mass is 10.2. The van der Waals surface area contributed by atoms with E-state index in [4.69, 9.17) is 4.74 Å². The molecule has 3 heteroatoms. The first-order valence-electron chi connectivity index (χ1n) is 5.82. The van der Waals surface area contributed by atoms with Crippen molar-refractivity contribution in [3.8, 4) is 0 Å². The molecule has 1 aliphatic carbocycles. The lowest BCUT2D eigenvalue weighted by Gasteiger charge is -2.03. The molecule has 0 bridgehead atoms. The van der Waals surface area contributed by atoms with Crippen molar-refractivity contribution < 1.29 is 9.53 Å². The number of allylic oxidation sites excluding steroid dienone is 2. The Hall–Kier alpha value is -2.03. The van der Waals surface area contributed by atoms with Gasteiger partial charge in [-0.25, -0.2) is 4.79 Å². The molecule has 3 nitrogen and oxygen atoms in total. The second kappa shape index (κ2) is 4.09. The molecule has 1 aromatic carbocycles. The van der Waals surface area contributed by atoms with E-state index in [1.807, 2.05) is 30.3 Å². The molecule has 1 heterocycles. The average molecular weight is 227 g/mol. The molecule has 0 atom stereocenters. The van der Waals surface area contributed by atoms with Crippen LogP contribution in [-0.4, -0.2) is 11.0 Å². The molecule has 0 radical (unpaired) electrons. The number of para-hydroxylation sites is 1. The lowest BCUT2D eigenvalue weighted by molar-refractivity contribution is 0.0620. The quantitative estimate of drug-likeness (QED) is 0.799. The molecule has 0 saturated carbocycles. The Kier molecular flexibility index (Phi) is 2.44. The fourth-order valence-electron chi connectivity index (χ4n) is 2.15. The van der Waals surface area contributed by atoms with Crippen LogP contribution in [-0.2, 0) is 4.74 Å². The van der Waals surface area contributed by atoms with Gasteiger partial charge in [-0.05, 0) is 25.0 Å². The normalized spacial score (nSPS) is 14.9. The monoisotopic (exact) mass is 227 g/mol. The number of benzene rings is 1. The minimum Gasteiger partial charge on any atom is -0.428 e. The van der Waals surface area contributed by atoms with Gasteiger partial charge in [0.05, 0.1) is 5.56 Å². The first kappa shape index (κ1) is 10.1. The van der Waals surface area contributed by atoms with Gasteiger partial charge < -0.3 is 9.72 Å². The number of ether oxygens (including phenoxy) is 1. The number of aromatic nitrogens is 1. The molecule has 1 N–H and O–H groups in total. The number of esters is 1. The lowest BCUT2D eigenvalue weighted by Crippen LogP contribution is -2.03. The topological polar surface area (TPSA) is 42.1 Å². The minimum absolute atomic E-state index is 0.268. The van der Waals surface area contributed by atoms with Crippen molar-refractivity contribution in [2.45, 2.75) is 19.3 Å². The summed E-state index contributed by atoms with van der Waals surface area (Å²) in [5.41, 5.74) is 1.56. The number of hydrogen-bond donors (Lipinski definition) is 1. The number of carbonyl (C=O) groups is 1. The number of H-pyrrole nitrogens is 1. The maximum atomic E-state index is 12.0. The smallest absolute Gasteiger partial charge is 0.345 e. The summed E-state index contributed by atoms with van der Waals surface area (Å²) in [4.78, 5) is 15.1. The van der Waals surface area contributed by atoms with Crippen LogP contribution in [0.3, 0.4) is 0 Å². The van der Waals surface area contributed by atoms with Crippen molar-refractivity contribution in [2.75, 3.05) is 0 Å². The number of nitrogens with one attached hydrogen (secondary N) is 1. The average Bonchev–Trinajstić information content (AvgIpc) is 2.96. The Bertz CT molecular complexity index is 595. The molecular formula is C14H13NO2. The summed E-state index contributed by atoms with van der Waals surface area (Å²) < 4.78 is 5.37. The third-order valence-electron chi connectivity index (χ3n) is 3.03. The van der Waals surface area contributed by atoms with Crippen molar-refractivity contribution in [3.63, 3.8) is 0 Å². The number of fused-ring (bicyclic) bond motifs is 1. The van der Waals surface area contributed by atoms with Crippen LogP contribution in [0, 0.1) is 0 Å². The van der Waals surface area contributed by atoms with Crippen molar-refractivity contribution in [1.82, 2.24) is 4.98 Å². The number of hydrogen-bond acceptors (Lipinski definition) is 2. The molecule has 1 aromatic heterocycles. The van der Waals surface area contributed by atoms with Crippen LogP contribution in [0.25, 0.3) is 10.9 Å². The second-order valence-corrected chi connectivity index (χ2v) is 4.20. The zero-order valence-corrected chi connectivity index (χ0v) is 9.40. The molecule has 2 aromatic rings. The van der Waals surface area contributed by atoms with Crippen LogP contribution >= 0.6 is 0 Å². The highest BCUT2D eigenvalue weighted by Crippen LogP contribution is 2.23. The van der Waals surface area contributed by atoms with Gasteiger partial charge in [-0.15, -0.1) is 0 Å². The summed E-state index contributed by atoms with van der Waals surface area (Å²) in [6.45, 7) is 0. The molecule has 0 saturated heterocycles. The number of carbonyl (C=O) groups excluding carboxylic acids is 1. The summed E-state index contributed by atoms with van der Waals surface area (Å²) in [6.07, 6.45) is 6.66. The Morgan fingerprint density at radius 3 is 3.00 bits per heavy atom. The van der Waals surface area contributed by atoms with Crippen LogP contribution in [0.1, 0.15) is 29.6 Å². The number of aromatic amines is 1. The number of rotatable bonds is 2. The van der Waals surface area contributed by atoms with E-state index in [1.165, 1.54) is 0 Å². The van der Waals surface area contributed by atoms with E-state index in [0.717, 1.165) is 35.9 Å². The first-order chi connectivity index (χ1) is 8.34. The van der Waals surface area contributed by atoms with Gasteiger partial charge in [0.2, 0.25) is 0 Å². The van der Waals surface area contributed by atoms with Crippen molar-refractivity contribution in [1.29, 1.82) is 0 Å². The maximum absolute atomic E-state index is 12.0. The van der Waals surface area contributed by atoms with E-state index in [2.05, 4.69) is 4.98 Å². The van der Waals surface area contributed by atoms with E-state index in [1.54, 1.807) is 6.20 Å². The maximum Gasteiger partial charge on any atom is 0.345 e. The summed E-state index contributed by atoms with van der Waals surface area (Å²) in [6, 6.07) is 7.72. The minimum atomic E-state index is -0.268. The summed E-state index contributed by atoms with van der Waals surface area (Å²) >= 11 is 0. The van der Waals surface area contributed by atoms with Crippen LogP contribution < -0.4 is 0 Å². The van der Waals surface area contributed by atoms with Gasteiger partial charge in [0.15, 0.2) is 0 Å². The Balaban J connectivity index is 1.90. The van der Waals surface area contributed by atoms with E-state index in [-0.39, 0.29) is 5.97 Å². The highest BCUT2D eigenvalue weighted by molar-refractivity contribution is 6.04. The van der Waals surface area contributed by atoms with E-state index < -0.39 is 0 Å². The van der Waals surface area contributed by atoms with Gasteiger partial charge in [0.1, 0.15) is 5.76 Å². The highest BCUT2D eigenvalue weighted by Gasteiger charge is 2.16. The van der Waals surface area contributed by atoms with Crippen molar-refractivity contribution in [3.05, 3.63) is 47.9 Å².